The van der Waals surface area contributed by atoms with Crippen molar-refractivity contribution in [2.24, 2.45) is 0 Å². The minimum atomic E-state index is -1.36. The van der Waals surface area contributed by atoms with Crippen LogP contribution in [0, 0.1) is 5.82 Å². The summed E-state index contributed by atoms with van der Waals surface area (Å²) in [5.74, 6) is -2.46. The standard InChI is InChI=1S/C13H11FN2O4/c1-2-16-6-5-15-11(12(16)17)20-10-4-3-8(14)7-9(10)13(18)19/h3-7H,2H2,1H3,(H,18,19). The summed E-state index contributed by atoms with van der Waals surface area (Å²) in [5.41, 5.74) is -0.867. The average Bonchev–Trinajstić information content (AvgIpc) is 2.42. The summed E-state index contributed by atoms with van der Waals surface area (Å²) in [5, 5.41) is 8.99. The number of aromatic carboxylic acids is 1. The third kappa shape index (κ3) is 2.66. The average molecular weight is 278 g/mol. The van der Waals surface area contributed by atoms with Gasteiger partial charge in [0.2, 0.25) is 0 Å². The van der Waals surface area contributed by atoms with Crippen molar-refractivity contribution < 1.29 is 19.0 Å². The molecule has 0 saturated carbocycles. The van der Waals surface area contributed by atoms with Crippen LogP contribution in [-0.4, -0.2) is 20.6 Å². The fourth-order valence-corrected chi connectivity index (χ4v) is 1.61. The van der Waals surface area contributed by atoms with Crippen molar-refractivity contribution in [1.29, 1.82) is 0 Å². The summed E-state index contributed by atoms with van der Waals surface area (Å²) in [7, 11) is 0. The van der Waals surface area contributed by atoms with Gasteiger partial charge in [-0.15, -0.1) is 0 Å². The van der Waals surface area contributed by atoms with E-state index in [9.17, 15) is 14.0 Å². The molecule has 104 valence electrons. The molecule has 0 aliphatic heterocycles. The van der Waals surface area contributed by atoms with E-state index >= 15 is 0 Å². The topological polar surface area (TPSA) is 81.4 Å². The van der Waals surface area contributed by atoms with Crippen LogP contribution in [0.25, 0.3) is 0 Å². The second kappa shape index (κ2) is 5.52. The molecule has 6 nitrogen and oxygen atoms in total. The van der Waals surface area contributed by atoms with Crippen LogP contribution in [-0.2, 0) is 6.54 Å². The zero-order valence-corrected chi connectivity index (χ0v) is 10.5. The van der Waals surface area contributed by atoms with Gasteiger partial charge in [-0.3, -0.25) is 4.79 Å². The Hall–Kier alpha value is -2.70. The third-order valence-electron chi connectivity index (χ3n) is 2.60. The number of carboxylic acid groups (broad SMARTS) is 1. The maximum atomic E-state index is 13.0. The van der Waals surface area contributed by atoms with Gasteiger partial charge in [-0.25, -0.2) is 14.2 Å². The van der Waals surface area contributed by atoms with Crippen LogP contribution in [0.2, 0.25) is 0 Å². The van der Waals surface area contributed by atoms with Crippen LogP contribution in [0.4, 0.5) is 4.39 Å². The molecule has 0 fully saturated rings. The molecule has 1 N–H and O–H groups in total. The summed E-state index contributed by atoms with van der Waals surface area (Å²) < 4.78 is 19.6. The smallest absolute Gasteiger partial charge is 0.339 e. The van der Waals surface area contributed by atoms with E-state index in [-0.39, 0.29) is 17.2 Å². The summed E-state index contributed by atoms with van der Waals surface area (Å²) in [6, 6.07) is 3.01. The van der Waals surface area contributed by atoms with Crippen molar-refractivity contribution in [3.8, 4) is 11.6 Å². The van der Waals surface area contributed by atoms with E-state index in [1.54, 1.807) is 6.92 Å². The summed E-state index contributed by atoms with van der Waals surface area (Å²) in [6.45, 7) is 2.19. The zero-order chi connectivity index (χ0) is 14.7. The van der Waals surface area contributed by atoms with Crippen molar-refractivity contribution >= 4 is 5.97 Å². The highest BCUT2D eigenvalue weighted by atomic mass is 19.1. The van der Waals surface area contributed by atoms with Crippen LogP contribution in [0.5, 0.6) is 11.6 Å². The number of aryl methyl sites for hydroxylation is 1. The van der Waals surface area contributed by atoms with E-state index in [1.807, 2.05) is 0 Å². The summed E-state index contributed by atoms with van der Waals surface area (Å²) >= 11 is 0. The Bertz CT molecular complexity index is 712. The molecule has 2 aromatic rings. The number of benzene rings is 1. The molecule has 1 aromatic carbocycles. The van der Waals surface area contributed by atoms with E-state index < -0.39 is 17.3 Å². The van der Waals surface area contributed by atoms with Gasteiger partial charge in [0.05, 0.1) is 0 Å². The number of carbonyl (C=O) groups is 1. The maximum absolute atomic E-state index is 13.0. The Labute approximate surface area is 113 Å². The number of nitrogens with zero attached hydrogens (tertiary/aromatic N) is 2. The quantitative estimate of drug-likeness (QED) is 0.923. The van der Waals surface area contributed by atoms with Crippen molar-refractivity contribution in [1.82, 2.24) is 9.55 Å². The van der Waals surface area contributed by atoms with Gasteiger partial charge in [0, 0.05) is 18.9 Å². The van der Waals surface area contributed by atoms with E-state index in [0.29, 0.717) is 6.54 Å². The lowest BCUT2D eigenvalue weighted by molar-refractivity contribution is 0.0693. The number of hydrogen-bond acceptors (Lipinski definition) is 4. The fraction of sp³-hybridized carbons (Fsp3) is 0.154. The lowest BCUT2D eigenvalue weighted by Gasteiger charge is -2.08. The highest BCUT2D eigenvalue weighted by Gasteiger charge is 2.15. The van der Waals surface area contributed by atoms with Crippen LogP contribution < -0.4 is 10.3 Å². The van der Waals surface area contributed by atoms with Gasteiger partial charge in [-0.1, -0.05) is 0 Å². The van der Waals surface area contributed by atoms with Crippen molar-refractivity contribution in [3.63, 3.8) is 0 Å². The van der Waals surface area contributed by atoms with Crippen molar-refractivity contribution in [2.45, 2.75) is 13.5 Å². The largest absolute Gasteiger partial charge is 0.478 e. The van der Waals surface area contributed by atoms with Gasteiger partial charge >= 0.3 is 11.5 Å². The van der Waals surface area contributed by atoms with Crippen LogP contribution >= 0.6 is 0 Å². The van der Waals surface area contributed by atoms with Gasteiger partial charge in [0.15, 0.2) is 0 Å². The number of carboxylic acids is 1. The Morgan fingerprint density at radius 3 is 2.90 bits per heavy atom. The molecule has 0 aliphatic carbocycles. The lowest BCUT2D eigenvalue weighted by atomic mass is 10.2. The SMILES string of the molecule is CCn1ccnc(Oc2ccc(F)cc2C(=O)O)c1=O. The number of halogens is 1. The molecule has 1 heterocycles. The molecule has 20 heavy (non-hydrogen) atoms. The minimum Gasteiger partial charge on any atom is -0.478 e. The summed E-state index contributed by atoms with van der Waals surface area (Å²) in [6.07, 6.45) is 2.85. The molecule has 0 aliphatic rings. The lowest BCUT2D eigenvalue weighted by Crippen LogP contribution is -2.21. The van der Waals surface area contributed by atoms with Crippen LogP contribution in [0.15, 0.2) is 35.4 Å². The number of ether oxygens (including phenoxy) is 1. The molecule has 0 unspecified atom stereocenters. The molecule has 1 aromatic heterocycles. The first-order valence-electron chi connectivity index (χ1n) is 5.79. The van der Waals surface area contributed by atoms with E-state index in [4.69, 9.17) is 9.84 Å². The molecule has 0 atom stereocenters. The minimum absolute atomic E-state index is 0.141. The second-order valence-corrected chi connectivity index (χ2v) is 3.87. The Kier molecular flexibility index (Phi) is 3.79. The monoisotopic (exact) mass is 278 g/mol. The first-order valence-corrected chi connectivity index (χ1v) is 5.79. The molecular weight excluding hydrogens is 267 g/mol. The Morgan fingerprint density at radius 2 is 2.25 bits per heavy atom. The normalized spacial score (nSPS) is 10.3. The highest BCUT2D eigenvalue weighted by molar-refractivity contribution is 5.90. The van der Waals surface area contributed by atoms with Crippen LogP contribution in [0.1, 0.15) is 17.3 Å². The Morgan fingerprint density at radius 1 is 1.50 bits per heavy atom. The first kappa shape index (κ1) is 13.7. The first-order chi connectivity index (χ1) is 9.52. The van der Waals surface area contributed by atoms with Gasteiger partial charge in [0.25, 0.3) is 5.88 Å². The van der Waals surface area contributed by atoms with E-state index in [0.717, 1.165) is 18.2 Å². The third-order valence-corrected chi connectivity index (χ3v) is 2.60. The molecule has 0 bridgehead atoms. The molecule has 0 amide bonds. The molecular formula is C13H11FN2O4. The summed E-state index contributed by atoms with van der Waals surface area (Å²) in [4.78, 5) is 26.7. The molecule has 2 rings (SSSR count). The number of hydrogen-bond donors (Lipinski definition) is 1. The molecule has 0 radical (unpaired) electrons. The van der Waals surface area contributed by atoms with E-state index in [2.05, 4.69) is 4.98 Å². The molecule has 0 saturated heterocycles. The van der Waals surface area contributed by atoms with Crippen molar-refractivity contribution in [2.75, 3.05) is 0 Å². The fourth-order valence-electron chi connectivity index (χ4n) is 1.61. The van der Waals surface area contributed by atoms with Gasteiger partial charge in [0.1, 0.15) is 17.1 Å². The van der Waals surface area contributed by atoms with Gasteiger partial charge in [-0.2, -0.15) is 0 Å². The van der Waals surface area contributed by atoms with Gasteiger partial charge in [-0.05, 0) is 25.1 Å². The number of rotatable bonds is 4. The number of aromatic nitrogens is 2. The Balaban J connectivity index is 2.45. The van der Waals surface area contributed by atoms with Gasteiger partial charge < -0.3 is 14.4 Å². The zero-order valence-electron chi connectivity index (χ0n) is 10.5. The molecule has 0 spiro atoms. The van der Waals surface area contributed by atoms with Crippen molar-refractivity contribution in [3.05, 3.63) is 52.3 Å². The maximum Gasteiger partial charge on any atom is 0.339 e. The second-order valence-electron chi connectivity index (χ2n) is 3.87. The predicted molar refractivity (Wildman–Crippen MR) is 67.6 cm³/mol. The predicted octanol–water partition coefficient (Wildman–Crippen LogP) is 1.89. The highest BCUT2D eigenvalue weighted by Crippen LogP contribution is 2.23. The van der Waals surface area contributed by atoms with Crippen LogP contribution in [0.3, 0.4) is 0 Å². The molecule has 7 heteroatoms. The van der Waals surface area contributed by atoms with E-state index in [1.165, 1.54) is 17.0 Å².